The largest absolute Gasteiger partial charge is 0.497 e. The number of hydrogen-bond donors (Lipinski definition) is 2. The van der Waals surface area contributed by atoms with Crippen molar-refractivity contribution in [3.05, 3.63) is 29.6 Å². The number of hydrogen-bond acceptors (Lipinski definition) is 3. The summed E-state index contributed by atoms with van der Waals surface area (Å²) in [5, 5.41) is 6.15. The number of amides is 1. The molecule has 110 valence electrons. The number of rotatable bonds is 4. The summed E-state index contributed by atoms with van der Waals surface area (Å²) in [6.45, 7) is 4.57. The number of carbonyl (C=O) groups is 1. The molecule has 4 nitrogen and oxygen atoms in total. The maximum Gasteiger partial charge on any atom is 0.254 e. The van der Waals surface area contributed by atoms with Gasteiger partial charge in [0.15, 0.2) is 0 Å². The average molecular weight is 280 g/mol. The lowest BCUT2D eigenvalue weighted by Gasteiger charge is -2.34. The van der Waals surface area contributed by atoms with Gasteiger partial charge in [-0.05, 0) is 36.9 Å². The Morgan fingerprint density at radius 3 is 2.95 bits per heavy atom. The standard InChI is InChI=1S/C15H21FN2O2/c1-15(6-3-7-17-9-15)10-18-14(19)12-5-4-11(20-2)8-13(12)16/h4-5,8,17H,3,6-7,9-10H2,1-2H3,(H,18,19). The maximum atomic E-state index is 13.8. The first-order chi connectivity index (χ1) is 9.54. The van der Waals surface area contributed by atoms with Gasteiger partial charge in [-0.2, -0.15) is 0 Å². The number of halogens is 1. The van der Waals surface area contributed by atoms with E-state index in [9.17, 15) is 9.18 Å². The van der Waals surface area contributed by atoms with E-state index in [0.717, 1.165) is 25.9 Å². The summed E-state index contributed by atoms with van der Waals surface area (Å²) in [7, 11) is 1.46. The summed E-state index contributed by atoms with van der Waals surface area (Å²) < 4.78 is 18.7. The molecule has 1 unspecified atom stereocenters. The molecule has 1 heterocycles. The summed E-state index contributed by atoms with van der Waals surface area (Å²) >= 11 is 0. The molecule has 20 heavy (non-hydrogen) atoms. The minimum Gasteiger partial charge on any atom is -0.497 e. The van der Waals surface area contributed by atoms with E-state index in [1.807, 2.05) is 0 Å². The number of nitrogens with one attached hydrogen (secondary N) is 2. The molecule has 1 aliphatic heterocycles. The van der Waals surface area contributed by atoms with Gasteiger partial charge in [-0.25, -0.2) is 4.39 Å². The highest BCUT2D eigenvalue weighted by molar-refractivity contribution is 5.94. The third-order valence-corrected chi connectivity index (χ3v) is 3.78. The van der Waals surface area contributed by atoms with E-state index in [1.54, 1.807) is 6.07 Å². The van der Waals surface area contributed by atoms with E-state index in [4.69, 9.17) is 4.74 Å². The molecule has 5 heteroatoms. The summed E-state index contributed by atoms with van der Waals surface area (Å²) in [5.41, 5.74) is 0.0924. The van der Waals surface area contributed by atoms with Crippen molar-refractivity contribution in [3.8, 4) is 5.75 Å². The van der Waals surface area contributed by atoms with E-state index in [0.29, 0.717) is 12.3 Å². The van der Waals surface area contributed by atoms with Gasteiger partial charge in [0.2, 0.25) is 0 Å². The lowest BCUT2D eigenvalue weighted by molar-refractivity contribution is 0.0920. The van der Waals surface area contributed by atoms with Gasteiger partial charge in [0.05, 0.1) is 12.7 Å². The molecule has 0 spiro atoms. The first-order valence-corrected chi connectivity index (χ1v) is 6.86. The van der Waals surface area contributed by atoms with Gasteiger partial charge in [0, 0.05) is 19.2 Å². The van der Waals surface area contributed by atoms with Gasteiger partial charge < -0.3 is 15.4 Å². The molecule has 0 radical (unpaired) electrons. The zero-order chi connectivity index (χ0) is 14.6. The number of methoxy groups -OCH3 is 1. The fourth-order valence-electron chi connectivity index (χ4n) is 2.47. The summed E-state index contributed by atoms with van der Waals surface area (Å²) in [6, 6.07) is 4.26. The van der Waals surface area contributed by atoms with Crippen molar-refractivity contribution in [1.29, 1.82) is 0 Å². The smallest absolute Gasteiger partial charge is 0.254 e. The zero-order valence-electron chi connectivity index (χ0n) is 12.0. The highest BCUT2D eigenvalue weighted by atomic mass is 19.1. The summed E-state index contributed by atoms with van der Waals surface area (Å²) in [4.78, 5) is 12.0. The minimum absolute atomic E-state index is 0.0385. The molecule has 1 aliphatic rings. The van der Waals surface area contributed by atoms with Crippen molar-refractivity contribution in [3.63, 3.8) is 0 Å². The SMILES string of the molecule is COc1ccc(C(=O)NCC2(C)CCCNC2)c(F)c1. The van der Waals surface area contributed by atoms with Crippen LogP contribution in [0.2, 0.25) is 0 Å². The average Bonchev–Trinajstić information content (AvgIpc) is 2.45. The Hall–Kier alpha value is -1.62. The highest BCUT2D eigenvalue weighted by Gasteiger charge is 2.27. The van der Waals surface area contributed by atoms with E-state index in [2.05, 4.69) is 17.6 Å². The van der Waals surface area contributed by atoms with Gasteiger partial charge in [-0.15, -0.1) is 0 Å². The van der Waals surface area contributed by atoms with Gasteiger partial charge in [0.25, 0.3) is 5.91 Å². The predicted octanol–water partition coefficient (Wildman–Crippen LogP) is 1.95. The van der Waals surface area contributed by atoms with Crippen molar-refractivity contribution < 1.29 is 13.9 Å². The quantitative estimate of drug-likeness (QED) is 0.886. The molecule has 1 saturated heterocycles. The topological polar surface area (TPSA) is 50.4 Å². The third-order valence-electron chi connectivity index (χ3n) is 3.78. The summed E-state index contributed by atoms with van der Waals surface area (Å²) in [6.07, 6.45) is 2.16. The van der Waals surface area contributed by atoms with Gasteiger partial charge >= 0.3 is 0 Å². The molecule has 1 aromatic rings. The molecular weight excluding hydrogens is 259 g/mol. The monoisotopic (exact) mass is 280 g/mol. The number of ether oxygens (including phenoxy) is 1. The molecule has 2 rings (SSSR count). The first kappa shape index (κ1) is 14.8. The van der Waals surface area contributed by atoms with E-state index >= 15 is 0 Å². The van der Waals surface area contributed by atoms with Crippen LogP contribution in [0.4, 0.5) is 4.39 Å². The van der Waals surface area contributed by atoms with Gasteiger partial charge in [0.1, 0.15) is 11.6 Å². The number of piperidine rings is 1. The van der Waals surface area contributed by atoms with Crippen molar-refractivity contribution in [2.75, 3.05) is 26.7 Å². The lowest BCUT2D eigenvalue weighted by Crippen LogP contribution is -2.45. The van der Waals surface area contributed by atoms with Crippen LogP contribution >= 0.6 is 0 Å². The van der Waals surface area contributed by atoms with Crippen molar-refractivity contribution in [1.82, 2.24) is 10.6 Å². The number of carbonyl (C=O) groups excluding carboxylic acids is 1. The molecule has 1 aromatic carbocycles. The Balaban J connectivity index is 1.98. The predicted molar refractivity (Wildman–Crippen MR) is 75.5 cm³/mol. The van der Waals surface area contributed by atoms with Crippen LogP contribution < -0.4 is 15.4 Å². The van der Waals surface area contributed by atoms with Crippen molar-refractivity contribution >= 4 is 5.91 Å². The van der Waals surface area contributed by atoms with Gasteiger partial charge in [-0.3, -0.25) is 4.79 Å². The van der Waals surface area contributed by atoms with E-state index in [-0.39, 0.29) is 16.9 Å². The second kappa shape index (κ2) is 6.22. The number of benzene rings is 1. The molecule has 0 aromatic heterocycles. The second-order valence-electron chi connectivity index (χ2n) is 5.62. The zero-order valence-corrected chi connectivity index (χ0v) is 12.0. The molecule has 1 amide bonds. The fraction of sp³-hybridized carbons (Fsp3) is 0.533. The van der Waals surface area contributed by atoms with Crippen LogP contribution in [0, 0.1) is 11.2 Å². The van der Waals surface area contributed by atoms with Gasteiger partial charge in [-0.1, -0.05) is 6.92 Å². The highest BCUT2D eigenvalue weighted by Crippen LogP contribution is 2.24. The maximum absolute atomic E-state index is 13.8. The van der Waals surface area contributed by atoms with Crippen molar-refractivity contribution in [2.24, 2.45) is 5.41 Å². The summed E-state index contributed by atoms with van der Waals surface area (Å²) in [5.74, 6) is -0.534. The normalized spacial score (nSPS) is 22.4. The first-order valence-electron chi connectivity index (χ1n) is 6.86. The second-order valence-corrected chi connectivity index (χ2v) is 5.62. The molecule has 0 aliphatic carbocycles. The Labute approximate surface area is 118 Å². The van der Waals surface area contributed by atoms with Crippen LogP contribution in [0.1, 0.15) is 30.1 Å². The molecule has 1 atom stereocenters. The van der Waals surface area contributed by atoms with Crippen LogP contribution in [-0.4, -0.2) is 32.7 Å². The fourth-order valence-corrected chi connectivity index (χ4v) is 2.47. The molecule has 0 saturated carbocycles. The molecule has 0 bridgehead atoms. The van der Waals surface area contributed by atoms with E-state index in [1.165, 1.54) is 19.2 Å². The van der Waals surface area contributed by atoms with E-state index < -0.39 is 5.82 Å². The van der Waals surface area contributed by atoms with Crippen LogP contribution in [0.15, 0.2) is 18.2 Å². The van der Waals surface area contributed by atoms with Crippen LogP contribution in [-0.2, 0) is 0 Å². The minimum atomic E-state index is -0.561. The van der Waals surface area contributed by atoms with Crippen LogP contribution in [0.3, 0.4) is 0 Å². The lowest BCUT2D eigenvalue weighted by atomic mass is 9.83. The third kappa shape index (κ3) is 3.48. The Morgan fingerprint density at radius 2 is 2.35 bits per heavy atom. The molecular formula is C15H21FN2O2. The Morgan fingerprint density at radius 1 is 1.55 bits per heavy atom. The van der Waals surface area contributed by atoms with Crippen LogP contribution in [0.25, 0.3) is 0 Å². The molecule has 2 N–H and O–H groups in total. The Bertz CT molecular complexity index is 485. The molecule has 1 fully saturated rings. The van der Waals surface area contributed by atoms with Crippen molar-refractivity contribution in [2.45, 2.75) is 19.8 Å². The van der Waals surface area contributed by atoms with Crippen LogP contribution in [0.5, 0.6) is 5.75 Å². The Kier molecular flexibility index (Phi) is 4.60.